The van der Waals surface area contributed by atoms with Crippen LogP contribution in [0.15, 0.2) is 64.8 Å². The highest BCUT2D eigenvalue weighted by Crippen LogP contribution is 2.35. The van der Waals surface area contributed by atoms with Gasteiger partial charge in [-0.15, -0.1) is 22.7 Å². The number of nitrogens with zero attached hydrogens (tertiary/aromatic N) is 3. The van der Waals surface area contributed by atoms with Crippen LogP contribution in [0.25, 0.3) is 20.5 Å². The predicted molar refractivity (Wildman–Crippen MR) is 130 cm³/mol. The van der Waals surface area contributed by atoms with Gasteiger partial charge in [0.1, 0.15) is 10.7 Å². The van der Waals surface area contributed by atoms with Gasteiger partial charge < -0.3 is 5.32 Å². The molecule has 0 bridgehead atoms. The van der Waals surface area contributed by atoms with Crippen LogP contribution >= 0.6 is 22.7 Å². The number of amides is 1. The number of benzene rings is 1. The molecule has 1 N–H and O–H groups in total. The summed E-state index contributed by atoms with van der Waals surface area (Å²) in [6.45, 7) is 4.59. The minimum absolute atomic E-state index is 0.0400. The maximum atomic E-state index is 12.7. The molecule has 4 rings (SSSR count). The van der Waals surface area contributed by atoms with Crippen LogP contribution in [0.4, 0.5) is 0 Å². The highest BCUT2D eigenvalue weighted by Gasteiger charge is 2.18. The molecule has 0 aliphatic carbocycles. The zero-order valence-corrected chi connectivity index (χ0v) is 19.6. The summed E-state index contributed by atoms with van der Waals surface area (Å²) in [5.41, 5.74) is 2.40. The van der Waals surface area contributed by atoms with Gasteiger partial charge in [-0.3, -0.25) is 9.59 Å². The van der Waals surface area contributed by atoms with Gasteiger partial charge in [0.05, 0.1) is 27.9 Å². The third-order valence-electron chi connectivity index (χ3n) is 5.18. The van der Waals surface area contributed by atoms with Gasteiger partial charge in [0.15, 0.2) is 0 Å². The van der Waals surface area contributed by atoms with Crippen LogP contribution < -0.4 is 10.9 Å². The van der Waals surface area contributed by atoms with Gasteiger partial charge in [-0.2, -0.15) is 5.10 Å². The van der Waals surface area contributed by atoms with E-state index in [1.165, 1.54) is 10.7 Å². The normalized spacial score (nSPS) is 11.9. The predicted octanol–water partition coefficient (Wildman–Crippen LogP) is 4.71. The number of rotatable bonds is 8. The summed E-state index contributed by atoms with van der Waals surface area (Å²) in [5, 5.41) is 10.5. The molecule has 0 spiro atoms. The summed E-state index contributed by atoms with van der Waals surface area (Å²) >= 11 is 3.22. The third-order valence-corrected chi connectivity index (χ3v) is 7.40. The number of thiophene rings is 1. The van der Waals surface area contributed by atoms with Crippen molar-refractivity contribution in [2.24, 2.45) is 0 Å². The van der Waals surface area contributed by atoms with E-state index >= 15 is 0 Å². The molecule has 6 nitrogen and oxygen atoms in total. The Morgan fingerprint density at radius 1 is 1.12 bits per heavy atom. The van der Waals surface area contributed by atoms with Crippen molar-refractivity contribution < 1.29 is 4.79 Å². The van der Waals surface area contributed by atoms with Crippen molar-refractivity contribution in [3.63, 3.8) is 0 Å². The molecule has 164 valence electrons. The van der Waals surface area contributed by atoms with Gasteiger partial charge in [-0.05, 0) is 36.4 Å². The molecule has 0 radical (unpaired) electrons. The molecular formula is C24H24N4O2S2. The van der Waals surface area contributed by atoms with Gasteiger partial charge >= 0.3 is 0 Å². The fraction of sp³-hybridized carbons (Fsp3) is 0.250. The fourth-order valence-electron chi connectivity index (χ4n) is 3.54. The minimum Gasteiger partial charge on any atom is -0.354 e. The van der Waals surface area contributed by atoms with E-state index in [1.54, 1.807) is 28.7 Å². The molecule has 4 aromatic rings. The van der Waals surface area contributed by atoms with Gasteiger partial charge in [-0.25, -0.2) is 9.67 Å². The quantitative estimate of drug-likeness (QED) is 0.410. The first-order valence-electron chi connectivity index (χ1n) is 10.5. The van der Waals surface area contributed by atoms with Crippen LogP contribution in [-0.2, 0) is 11.3 Å². The zero-order valence-electron chi connectivity index (χ0n) is 17.9. The standard InChI is InChI=1S/C24H24N4O2S2/c1-3-18(17-8-5-4-6-9-17)23(30)25-13-14-28-21(29)12-11-19(27-28)22-16(2)26-24(32-22)20-10-7-15-31-20/h4-12,15,18H,3,13-14H2,1-2H3,(H,25,30). The van der Waals surface area contributed by atoms with Crippen molar-refractivity contribution in [1.82, 2.24) is 20.1 Å². The maximum Gasteiger partial charge on any atom is 0.266 e. The van der Waals surface area contributed by atoms with Crippen molar-refractivity contribution in [2.45, 2.75) is 32.7 Å². The molecule has 32 heavy (non-hydrogen) atoms. The van der Waals surface area contributed by atoms with Crippen LogP contribution in [0.3, 0.4) is 0 Å². The lowest BCUT2D eigenvalue weighted by molar-refractivity contribution is -0.122. The first-order valence-corrected chi connectivity index (χ1v) is 12.2. The number of aryl methyl sites for hydroxylation is 1. The maximum absolute atomic E-state index is 12.7. The number of hydrogen-bond acceptors (Lipinski definition) is 6. The Morgan fingerprint density at radius 3 is 2.66 bits per heavy atom. The Labute approximate surface area is 194 Å². The molecule has 0 saturated heterocycles. The number of carbonyl (C=O) groups excluding carboxylic acids is 1. The molecule has 1 unspecified atom stereocenters. The lowest BCUT2D eigenvalue weighted by atomic mass is 9.96. The Balaban J connectivity index is 1.46. The molecule has 0 aliphatic rings. The molecule has 3 aromatic heterocycles. The van der Waals surface area contributed by atoms with Crippen LogP contribution in [0, 0.1) is 6.92 Å². The second-order valence-electron chi connectivity index (χ2n) is 7.35. The van der Waals surface area contributed by atoms with E-state index < -0.39 is 0 Å². The Hall–Kier alpha value is -3.10. The monoisotopic (exact) mass is 464 g/mol. The molecule has 1 atom stereocenters. The molecule has 0 aliphatic heterocycles. The Bertz CT molecular complexity index is 1250. The minimum atomic E-state index is -0.206. The Morgan fingerprint density at radius 2 is 1.94 bits per heavy atom. The number of nitrogens with one attached hydrogen (secondary N) is 1. The summed E-state index contributed by atoms with van der Waals surface area (Å²) in [6.07, 6.45) is 0.709. The van der Waals surface area contributed by atoms with Gasteiger partial charge in [-0.1, -0.05) is 43.3 Å². The molecule has 3 heterocycles. The largest absolute Gasteiger partial charge is 0.354 e. The average Bonchev–Trinajstić information content (AvgIpc) is 3.46. The summed E-state index contributed by atoms with van der Waals surface area (Å²) in [4.78, 5) is 31.7. The number of hydrogen-bond donors (Lipinski definition) is 1. The molecule has 1 aromatic carbocycles. The first kappa shape index (κ1) is 22.1. The topological polar surface area (TPSA) is 76.9 Å². The van der Waals surface area contributed by atoms with E-state index in [-0.39, 0.29) is 17.4 Å². The SMILES string of the molecule is CCC(C(=O)NCCn1nc(-c2sc(-c3cccs3)nc2C)ccc1=O)c1ccccc1. The van der Waals surface area contributed by atoms with Gasteiger partial charge in [0.2, 0.25) is 5.91 Å². The second kappa shape index (κ2) is 10.0. The summed E-state index contributed by atoms with van der Waals surface area (Å²) in [6, 6.07) is 17.0. The van der Waals surface area contributed by atoms with E-state index in [9.17, 15) is 9.59 Å². The average molecular weight is 465 g/mol. The summed E-state index contributed by atoms with van der Waals surface area (Å²) in [7, 11) is 0. The fourth-order valence-corrected chi connectivity index (χ4v) is 5.36. The Kier molecular flexibility index (Phi) is 6.92. The highest BCUT2D eigenvalue weighted by atomic mass is 32.1. The van der Waals surface area contributed by atoms with Crippen LogP contribution in [-0.4, -0.2) is 27.2 Å². The molecule has 0 fully saturated rings. The number of aromatic nitrogens is 3. The van der Waals surface area contributed by atoms with Crippen molar-refractivity contribution >= 4 is 28.6 Å². The van der Waals surface area contributed by atoms with Gasteiger partial charge in [0, 0.05) is 12.6 Å². The lowest BCUT2D eigenvalue weighted by Gasteiger charge is -2.15. The highest BCUT2D eigenvalue weighted by molar-refractivity contribution is 7.23. The van der Waals surface area contributed by atoms with Crippen molar-refractivity contribution in [3.8, 4) is 20.5 Å². The van der Waals surface area contributed by atoms with E-state index in [1.807, 2.05) is 61.7 Å². The van der Waals surface area contributed by atoms with E-state index in [0.29, 0.717) is 25.2 Å². The third kappa shape index (κ3) is 4.87. The number of carbonyl (C=O) groups is 1. The van der Waals surface area contributed by atoms with E-state index in [4.69, 9.17) is 0 Å². The van der Waals surface area contributed by atoms with Crippen molar-refractivity contribution in [1.29, 1.82) is 0 Å². The summed E-state index contributed by atoms with van der Waals surface area (Å²) < 4.78 is 1.41. The van der Waals surface area contributed by atoms with Crippen molar-refractivity contribution in [3.05, 3.63) is 81.6 Å². The van der Waals surface area contributed by atoms with Gasteiger partial charge in [0.25, 0.3) is 5.56 Å². The van der Waals surface area contributed by atoms with E-state index in [2.05, 4.69) is 15.4 Å². The van der Waals surface area contributed by atoms with Crippen LogP contribution in [0.2, 0.25) is 0 Å². The first-order chi connectivity index (χ1) is 15.6. The molecule has 0 saturated carbocycles. The zero-order chi connectivity index (χ0) is 22.5. The smallest absolute Gasteiger partial charge is 0.266 e. The van der Waals surface area contributed by atoms with Crippen LogP contribution in [0.1, 0.15) is 30.5 Å². The van der Waals surface area contributed by atoms with Crippen LogP contribution in [0.5, 0.6) is 0 Å². The molecular weight excluding hydrogens is 440 g/mol. The molecule has 1 amide bonds. The lowest BCUT2D eigenvalue weighted by Crippen LogP contribution is -2.34. The number of thiazole rings is 1. The molecule has 8 heteroatoms. The second-order valence-corrected chi connectivity index (χ2v) is 9.30. The van der Waals surface area contributed by atoms with E-state index in [0.717, 1.165) is 26.0 Å². The van der Waals surface area contributed by atoms with Crippen molar-refractivity contribution in [2.75, 3.05) is 6.54 Å². The summed E-state index contributed by atoms with van der Waals surface area (Å²) in [5.74, 6) is -0.246.